The van der Waals surface area contributed by atoms with Gasteiger partial charge in [-0.1, -0.05) is 55.5 Å². The van der Waals surface area contributed by atoms with Crippen LogP contribution in [0.4, 0.5) is 0 Å². The average molecular weight is 283 g/mol. The fourth-order valence-electron chi connectivity index (χ4n) is 3.12. The molecule has 2 aromatic rings. The number of hydrogen-bond acceptors (Lipinski definition) is 3. The van der Waals surface area contributed by atoms with Crippen LogP contribution in [0.25, 0.3) is 5.69 Å². The van der Waals surface area contributed by atoms with Gasteiger partial charge in [0.25, 0.3) is 0 Å². The molecule has 1 aromatic carbocycles. The topological polar surface area (TPSA) is 47.8 Å². The van der Waals surface area contributed by atoms with Crippen LogP contribution in [-0.2, 0) is 0 Å². The molecule has 0 bridgehead atoms. The number of benzene rings is 1. The van der Waals surface area contributed by atoms with Gasteiger partial charge < -0.3 is 0 Å². The summed E-state index contributed by atoms with van der Waals surface area (Å²) in [5.41, 5.74) is 1.48. The Morgan fingerprint density at radius 2 is 1.90 bits per heavy atom. The van der Waals surface area contributed by atoms with Crippen molar-refractivity contribution in [3.8, 4) is 5.69 Å². The van der Waals surface area contributed by atoms with E-state index in [9.17, 15) is 4.79 Å². The van der Waals surface area contributed by atoms with Gasteiger partial charge in [-0.2, -0.15) is 0 Å². The Hall–Kier alpha value is -1.97. The zero-order chi connectivity index (χ0) is 14.5. The lowest BCUT2D eigenvalue weighted by Crippen LogP contribution is -2.12. The van der Waals surface area contributed by atoms with Gasteiger partial charge in [-0.05, 0) is 24.5 Å². The van der Waals surface area contributed by atoms with E-state index in [2.05, 4.69) is 10.3 Å². The number of ketones is 1. The first-order chi connectivity index (χ1) is 10.3. The van der Waals surface area contributed by atoms with Crippen molar-refractivity contribution >= 4 is 5.78 Å². The first-order valence-corrected chi connectivity index (χ1v) is 7.84. The van der Waals surface area contributed by atoms with Gasteiger partial charge in [0.05, 0.1) is 11.9 Å². The van der Waals surface area contributed by atoms with E-state index in [1.165, 1.54) is 32.1 Å². The number of hydrogen-bond donors (Lipinski definition) is 0. The third-order valence-corrected chi connectivity index (χ3v) is 4.34. The van der Waals surface area contributed by atoms with Crippen molar-refractivity contribution in [1.29, 1.82) is 0 Å². The smallest absolute Gasteiger partial charge is 0.182 e. The van der Waals surface area contributed by atoms with Crippen LogP contribution in [0.2, 0.25) is 0 Å². The molecule has 0 radical (unpaired) electrons. The van der Waals surface area contributed by atoms with Gasteiger partial charge >= 0.3 is 0 Å². The quantitative estimate of drug-likeness (QED) is 0.784. The maximum atomic E-state index is 12.4. The first-order valence-electron chi connectivity index (χ1n) is 7.84. The van der Waals surface area contributed by atoms with Gasteiger partial charge in [-0.15, -0.1) is 5.10 Å². The normalized spacial score (nSPS) is 16.0. The molecule has 0 saturated heterocycles. The highest BCUT2D eigenvalue weighted by molar-refractivity contribution is 5.94. The molecule has 1 saturated carbocycles. The van der Waals surface area contributed by atoms with Crippen molar-refractivity contribution in [2.24, 2.45) is 5.92 Å². The molecule has 0 atom stereocenters. The highest BCUT2D eigenvalue weighted by Crippen LogP contribution is 2.27. The molecular weight excluding hydrogens is 262 g/mol. The van der Waals surface area contributed by atoms with Gasteiger partial charge in [0.15, 0.2) is 5.78 Å². The van der Waals surface area contributed by atoms with E-state index in [1.54, 1.807) is 10.9 Å². The molecule has 21 heavy (non-hydrogen) atoms. The zero-order valence-corrected chi connectivity index (χ0v) is 12.2. The molecule has 1 aromatic heterocycles. The van der Waals surface area contributed by atoms with Crippen molar-refractivity contribution < 1.29 is 4.79 Å². The van der Waals surface area contributed by atoms with Crippen molar-refractivity contribution in [2.45, 2.75) is 44.9 Å². The molecule has 0 spiro atoms. The van der Waals surface area contributed by atoms with E-state index < -0.39 is 0 Å². The highest BCUT2D eigenvalue weighted by atomic mass is 16.1. The lowest BCUT2D eigenvalue weighted by atomic mass is 9.85. The van der Waals surface area contributed by atoms with Crippen molar-refractivity contribution in [1.82, 2.24) is 15.0 Å². The molecule has 1 aliphatic rings. The van der Waals surface area contributed by atoms with Crippen LogP contribution in [-0.4, -0.2) is 20.8 Å². The van der Waals surface area contributed by atoms with Crippen LogP contribution < -0.4 is 0 Å². The van der Waals surface area contributed by atoms with Crippen molar-refractivity contribution in [3.05, 3.63) is 42.2 Å². The third-order valence-electron chi connectivity index (χ3n) is 4.34. The van der Waals surface area contributed by atoms with Crippen LogP contribution in [0.1, 0.15) is 55.4 Å². The van der Waals surface area contributed by atoms with Gasteiger partial charge in [0, 0.05) is 6.42 Å². The highest BCUT2D eigenvalue weighted by Gasteiger charge is 2.18. The standard InChI is InChI=1S/C17H21N3O/c21-17(12-11-14-7-3-1-4-8-14)16-13-18-19-20(16)15-9-5-2-6-10-15/h2,5-6,9-10,13-14H,1,3-4,7-8,11-12H2. The summed E-state index contributed by atoms with van der Waals surface area (Å²) in [4.78, 5) is 12.4. The molecule has 0 unspecified atom stereocenters. The summed E-state index contributed by atoms with van der Waals surface area (Å²) in [7, 11) is 0. The Morgan fingerprint density at radius 3 is 2.67 bits per heavy atom. The Morgan fingerprint density at radius 1 is 1.14 bits per heavy atom. The molecular formula is C17H21N3O. The van der Waals surface area contributed by atoms with Crippen molar-refractivity contribution in [3.63, 3.8) is 0 Å². The largest absolute Gasteiger partial charge is 0.292 e. The number of rotatable bonds is 5. The fraction of sp³-hybridized carbons (Fsp3) is 0.471. The maximum Gasteiger partial charge on any atom is 0.182 e. The SMILES string of the molecule is O=C(CCC1CCCCC1)c1cnnn1-c1ccccc1. The molecule has 0 amide bonds. The molecule has 4 nitrogen and oxygen atoms in total. The summed E-state index contributed by atoms with van der Waals surface area (Å²) in [5.74, 6) is 0.873. The zero-order valence-electron chi connectivity index (χ0n) is 12.2. The van der Waals surface area contributed by atoms with Gasteiger partial charge in [0.1, 0.15) is 5.69 Å². The Kier molecular flexibility index (Phi) is 4.43. The third kappa shape index (κ3) is 3.38. The van der Waals surface area contributed by atoms with Crippen LogP contribution in [0.15, 0.2) is 36.5 Å². The number of carbonyl (C=O) groups is 1. The number of para-hydroxylation sites is 1. The minimum Gasteiger partial charge on any atom is -0.292 e. The van der Waals surface area contributed by atoms with E-state index in [0.29, 0.717) is 12.1 Å². The first kappa shape index (κ1) is 14.0. The van der Waals surface area contributed by atoms with E-state index >= 15 is 0 Å². The van der Waals surface area contributed by atoms with E-state index in [-0.39, 0.29) is 5.78 Å². The summed E-state index contributed by atoms with van der Waals surface area (Å²) >= 11 is 0. The minimum absolute atomic E-state index is 0.148. The van der Waals surface area contributed by atoms with E-state index in [4.69, 9.17) is 0 Å². The van der Waals surface area contributed by atoms with E-state index in [0.717, 1.165) is 18.0 Å². The van der Waals surface area contributed by atoms with Gasteiger partial charge in [0.2, 0.25) is 0 Å². The lowest BCUT2D eigenvalue weighted by molar-refractivity contribution is 0.0962. The second-order valence-electron chi connectivity index (χ2n) is 5.83. The summed E-state index contributed by atoms with van der Waals surface area (Å²) in [5, 5.41) is 7.95. The summed E-state index contributed by atoms with van der Waals surface area (Å²) < 4.78 is 1.64. The van der Waals surface area contributed by atoms with E-state index in [1.807, 2.05) is 30.3 Å². The molecule has 1 heterocycles. The van der Waals surface area contributed by atoms with Gasteiger partial charge in [-0.25, -0.2) is 4.68 Å². The molecule has 1 aliphatic carbocycles. The van der Waals surface area contributed by atoms with Crippen LogP contribution >= 0.6 is 0 Å². The van der Waals surface area contributed by atoms with Gasteiger partial charge in [-0.3, -0.25) is 4.79 Å². The van der Waals surface area contributed by atoms with Crippen LogP contribution in [0.5, 0.6) is 0 Å². The number of carbonyl (C=O) groups excluding carboxylic acids is 1. The summed E-state index contributed by atoms with van der Waals surface area (Å²) in [6.45, 7) is 0. The maximum absolute atomic E-state index is 12.4. The number of Topliss-reactive ketones (excluding diaryl/α,β-unsaturated/α-hetero) is 1. The van der Waals surface area contributed by atoms with Crippen molar-refractivity contribution in [2.75, 3.05) is 0 Å². The molecule has 4 heteroatoms. The second kappa shape index (κ2) is 6.66. The number of aromatic nitrogens is 3. The Labute approximate surface area is 125 Å². The predicted octanol–water partition coefficient (Wildman–Crippen LogP) is 3.81. The molecule has 110 valence electrons. The summed E-state index contributed by atoms with van der Waals surface area (Å²) in [6.07, 6.45) is 9.74. The summed E-state index contributed by atoms with van der Waals surface area (Å²) in [6, 6.07) is 9.70. The number of nitrogens with zero attached hydrogens (tertiary/aromatic N) is 3. The monoisotopic (exact) mass is 283 g/mol. The minimum atomic E-state index is 0.148. The van der Waals surface area contributed by atoms with Crippen LogP contribution in [0.3, 0.4) is 0 Å². The molecule has 0 aliphatic heterocycles. The fourth-order valence-corrected chi connectivity index (χ4v) is 3.12. The molecule has 0 N–H and O–H groups in total. The molecule has 3 rings (SSSR count). The predicted molar refractivity (Wildman–Crippen MR) is 81.5 cm³/mol. The Balaban J connectivity index is 1.66. The Bertz CT molecular complexity index is 585. The second-order valence-corrected chi connectivity index (χ2v) is 5.83. The molecule has 1 fully saturated rings. The lowest BCUT2D eigenvalue weighted by Gasteiger charge is -2.20. The average Bonchev–Trinajstić information content (AvgIpc) is 3.04. The van der Waals surface area contributed by atoms with Crippen LogP contribution in [0, 0.1) is 5.92 Å².